The zero-order valence-corrected chi connectivity index (χ0v) is 19.2. The third-order valence-corrected chi connectivity index (χ3v) is 6.18. The molecule has 0 saturated carbocycles. The highest BCUT2D eigenvalue weighted by Crippen LogP contribution is 2.36. The van der Waals surface area contributed by atoms with E-state index in [1.54, 1.807) is 23.5 Å². The Morgan fingerprint density at radius 2 is 1.81 bits per heavy atom. The van der Waals surface area contributed by atoms with Gasteiger partial charge < -0.3 is 10.1 Å². The molecule has 0 spiro atoms. The number of rotatable bonds is 5. The fraction of sp³-hybridized carbons (Fsp3) is 0.200. The Bertz CT molecular complexity index is 1190. The third kappa shape index (κ3) is 5.06. The Hall–Kier alpha value is -2.89. The minimum absolute atomic E-state index is 0.0710. The number of carbonyl (C=O) groups excluding carboxylic acids is 1. The molecule has 158 valence electrons. The van der Waals surface area contributed by atoms with Gasteiger partial charge in [-0.1, -0.05) is 56.6 Å². The van der Waals surface area contributed by atoms with Gasteiger partial charge in [0.25, 0.3) is 5.91 Å². The standard InChI is InChI=1S/C25H23ClN2O2S/c1-25(2,3)16-8-11-18(12-9-16)30-15-23(29)27-20-13-10-17(26)14-19(20)24-28-21-6-4-5-7-22(21)31-24/h4-14H,15H2,1-3H3,(H,27,29). The van der Waals surface area contributed by atoms with Crippen molar-refractivity contribution in [1.29, 1.82) is 0 Å². The number of fused-ring (bicyclic) bond motifs is 1. The van der Waals surface area contributed by atoms with Crippen molar-refractivity contribution in [3.8, 4) is 16.3 Å². The number of anilines is 1. The highest BCUT2D eigenvalue weighted by Gasteiger charge is 2.15. The molecule has 0 radical (unpaired) electrons. The zero-order valence-electron chi connectivity index (χ0n) is 17.6. The predicted molar refractivity (Wildman–Crippen MR) is 129 cm³/mol. The minimum atomic E-state index is -0.246. The molecule has 1 N–H and O–H groups in total. The SMILES string of the molecule is CC(C)(C)c1ccc(OCC(=O)Nc2ccc(Cl)cc2-c2nc3ccccc3s2)cc1. The van der Waals surface area contributed by atoms with Crippen molar-refractivity contribution in [2.24, 2.45) is 0 Å². The molecule has 0 fully saturated rings. The molecule has 0 aliphatic carbocycles. The molecule has 3 aromatic carbocycles. The monoisotopic (exact) mass is 450 g/mol. The molecule has 0 bridgehead atoms. The van der Waals surface area contributed by atoms with Gasteiger partial charge in [-0.15, -0.1) is 11.3 Å². The lowest BCUT2D eigenvalue weighted by molar-refractivity contribution is -0.118. The van der Waals surface area contributed by atoms with E-state index in [0.29, 0.717) is 16.5 Å². The quantitative estimate of drug-likeness (QED) is 0.358. The van der Waals surface area contributed by atoms with E-state index in [1.165, 1.54) is 5.56 Å². The summed E-state index contributed by atoms with van der Waals surface area (Å²) in [6.45, 7) is 6.39. The summed E-state index contributed by atoms with van der Waals surface area (Å²) < 4.78 is 6.75. The maximum atomic E-state index is 12.6. The van der Waals surface area contributed by atoms with Gasteiger partial charge in [-0.3, -0.25) is 4.79 Å². The number of amides is 1. The van der Waals surface area contributed by atoms with Gasteiger partial charge in [-0.25, -0.2) is 4.98 Å². The van der Waals surface area contributed by atoms with Crippen LogP contribution in [0.3, 0.4) is 0 Å². The van der Waals surface area contributed by atoms with Crippen LogP contribution in [0.4, 0.5) is 5.69 Å². The number of hydrogen-bond donors (Lipinski definition) is 1. The van der Waals surface area contributed by atoms with E-state index in [-0.39, 0.29) is 17.9 Å². The lowest BCUT2D eigenvalue weighted by Gasteiger charge is -2.19. The first-order valence-electron chi connectivity index (χ1n) is 9.98. The van der Waals surface area contributed by atoms with Crippen LogP contribution in [0.15, 0.2) is 66.7 Å². The molecule has 0 atom stereocenters. The molecule has 6 heteroatoms. The summed E-state index contributed by atoms with van der Waals surface area (Å²) in [4.78, 5) is 17.3. The van der Waals surface area contributed by atoms with Crippen molar-refractivity contribution in [3.05, 3.63) is 77.3 Å². The summed E-state index contributed by atoms with van der Waals surface area (Å²) >= 11 is 7.79. The predicted octanol–water partition coefficient (Wildman–Crippen LogP) is 6.93. The van der Waals surface area contributed by atoms with Crippen LogP contribution < -0.4 is 10.1 Å². The van der Waals surface area contributed by atoms with Gasteiger partial charge >= 0.3 is 0 Å². The number of aromatic nitrogens is 1. The third-order valence-electron chi connectivity index (χ3n) is 4.87. The van der Waals surface area contributed by atoms with Crippen LogP contribution in [0, 0.1) is 0 Å². The minimum Gasteiger partial charge on any atom is -0.484 e. The first kappa shape index (κ1) is 21.3. The van der Waals surface area contributed by atoms with E-state index in [9.17, 15) is 4.79 Å². The van der Waals surface area contributed by atoms with Crippen LogP contribution in [-0.2, 0) is 10.2 Å². The Balaban J connectivity index is 1.48. The second kappa shape index (κ2) is 8.69. The van der Waals surface area contributed by atoms with Crippen molar-refractivity contribution < 1.29 is 9.53 Å². The van der Waals surface area contributed by atoms with Crippen molar-refractivity contribution >= 4 is 44.7 Å². The van der Waals surface area contributed by atoms with Crippen molar-refractivity contribution in [1.82, 2.24) is 4.98 Å². The molecule has 4 aromatic rings. The number of nitrogens with one attached hydrogen (secondary N) is 1. The molecule has 0 unspecified atom stereocenters. The van der Waals surface area contributed by atoms with Crippen molar-refractivity contribution in [2.45, 2.75) is 26.2 Å². The number of para-hydroxylation sites is 1. The van der Waals surface area contributed by atoms with E-state index in [1.807, 2.05) is 54.6 Å². The maximum absolute atomic E-state index is 12.6. The summed E-state index contributed by atoms with van der Waals surface area (Å²) in [7, 11) is 0. The van der Waals surface area contributed by atoms with Crippen LogP contribution in [0.2, 0.25) is 5.02 Å². The molecule has 1 amide bonds. The number of ether oxygens (including phenoxy) is 1. The first-order valence-corrected chi connectivity index (χ1v) is 11.2. The van der Waals surface area contributed by atoms with E-state index < -0.39 is 0 Å². The Morgan fingerprint density at radius 1 is 1.06 bits per heavy atom. The van der Waals surface area contributed by atoms with Gasteiger partial charge in [0.15, 0.2) is 6.61 Å². The second-order valence-corrected chi connectivity index (χ2v) is 9.75. The number of halogens is 1. The molecular weight excluding hydrogens is 428 g/mol. The van der Waals surface area contributed by atoms with Gasteiger partial charge in [0, 0.05) is 10.6 Å². The van der Waals surface area contributed by atoms with Gasteiger partial charge in [-0.05, 0) is 53.4 Å². The highest BCUT2D eigenvalue weighted by atomic mass is 35.5. The Morgan fingerprint density at radius 3 is 2.52 bits per heavy atom. The molecule has 31 heavy (non-hydrogen) atoms. The van der Waals surface area contributed by atoms with Crippen molar-refractivity contribution in [2.75, 3.05) is 11.9 Å². The largest absolute Gasteiger partial charge is 0.484 e. The van der Waals surface area contributed by atoms with Gasteiger partial charge in [0.2, 0.25) is 0 Å². The van der Waals surface area contributed by atoms with Crippen LogP contribution >= 0.6 is 22.9 Å². The summed E-state index contributed by atoms with van der Waals surface area (Å²) in [5.41, 5.74) is 3.64. The highest BCUT2D eigenvalue weighted by molar-refractivity contribution is 7.21. The smallest absolute Gasteiger partial charge is 0.262 e. The summed E-state index contributed by atoms with van der Waals surface area (Å²) in [5, 5.41) is 4.32. The van der Waals surface area contributed by atoms with Gasteiger partial charge in [-0.2, -0.15) is 0 Å². The number of nitrogens with zero attached hydrogens (tertiary/aromatic N) is 1. The number of carbonyl (C=O) groups is 1. The number of hydrogen-bond acceptors (Lipinski definition) is 4. The van der Waals surface area contributed by atoms with Gasteiger partial charge in [0.1, 0.15) is 10.8 Å². The molecule has 4 nitrogen and oxygen atoms in total. The summed E-state index contributed by atoms with van der Waals surface area (Å²) in [6, 6.07) is 21.1. The van der Waals surface area contributed by atoms with E-state index >= 15 is 0 Å². The lowest BCUT2D eigenvalue weighted by Crippen LogP contribution is -2.20. The van der Waals surface area contributed by atoms with E-state index in [0.717, 1.165) is 20.8 Å². The van der Waals surface area contributed by atoms with E-state index in [2.05, 4.69) is 26.1 Å². The molecular formula is C25H23ClN2O2S. The molecule has 1 aromatic heterocycles. The van der Waals surface area contributed by atoms with Crippen LogP contribution in [0.1, 0.15) is 26.3 Å². The van der Waals surface area contributed by atoms with Gasteiger partial charge in [0.05, 0.1) is 15.9 Å². The summed E-state index contributed by atoms with van der Waals surface area (Å²) in [6.07, 6.45) is 0. The lowest BCUT2D eigenvalue weighted by atomic mass is 9.87. The van der Waals surface area contributed by atoms with Crippen LogP contribution in [0.25, 0.3) is 20.8 Å². The Labute approximate surface area is 190 Å². The topological polar surface area (TPSA) is 51.2 Å². The fourth-order valence-corrected chi connectivity index (χ4v) is 4.34. The molecule has 0 aliphatic heterocycles. The van der Waals surface area contributed by atoms with Crippen molar-refractivity contribution in [3.63, 3.8) is 0 Å². The average Bonchev–Trinajstić information content (AvgIpc) is 3.17. The normalized spacial score (nSPS) is 11.5. The summed E-state index contributed by atoms with van der Waals surface area (Å²) in [5.74, 6) is 0.412. The van der Waals surface area contributed by atoms with Crippen LogP contribution in [-0.4, -0.2) is 17.5 Å². The molecule has 4 rings (SSSR count). The Kier molecular flexibility index (Phi) is 5.99. The molecule has 0 saturated heterocycles. The van der Waals surface area contributed by atoms with E-state index in [4.69, 9.17) is 21.3 Å². The fourth-order valence-electron chi connectivity index (χ4n) is 3.18. The zero-order chi connectivity index (χ0) is 22.0. The number of thiazole rings is 1. The average molecular weight is 451 g/mol. The molecule has 1 heterocycles. The first-order chi connectivity index (χ1) is 14.8. The van der Waals surface area contributed by atoms with Crippen LogP contribution in [0.5, 0.6) is 5.75 Å². The number of benzene rings is 3. The maximum Gasteiger partial charge on any atom is 0.262 e. The second-order valence-electron chi connectivity index (χ2n) is 8.29. The molecule has 0 aliphatic rings.